The third kappa shape index (κ3) is 4.00. The zero-order chi connectivity index (χ0) is 14.4. The van der Waals surface area contributed by atoms with Gasteiger partial charge in [0.05, 0.1) is 17.4 Å². The van der Waals surface area contributed by atoms with E-state index in [1.807, 2.05) is 13.0 Å². The summed E-state index contributed by atoms with van der Waals surface area (Å²) in [5, 5.41) is 0. The van der Waals surface area contributed by atoms with Crippen LogP contribution in [0.1, 0.15) is 35.8 Å². The molecule has 110 valence electrons. The Morgan fingerprint density at radius 2 is 2.45 bits per heavy atom. The number of hydrogen-bond acceptors (Lipinski definition) is 5. The van der Waals surface area contributed by atoms with Gasteiger partial charge in [0.15, 0.2) is 0 Å². The second kappa shape index (κ2) is 7.33. The molecule has 1 aliphatic heterocycles. The molecule has 0 radical (unpaired) electrons. The molecule has 1 aromatic heterocycles. The van der Waals surface area contributed by atoms with E-state index in [9.17, 15) is 4.79 Å². The fraction of sp³-hybridized carbons (Fsp3) is 0.571. The molecule has 6 heteroatoms. The van der Waals surface area contributed by atoms with Crippen LogP contribution in [0.5, 0.6) is 0 Å². The van der Waals surface area contributed by atoms with Crippen LogP contribution in [-0.4, -0.2) is 41.6 Å². The van der Waals surface area contributed by atoms with Crippen molar-refractivity contribution >= 4 is 5.91 Å². The molecule has 0 bridgehead atoms. The average molecular weight is 278 g/mol. The first-order valence-corrected chi connectivity index (χ1v) is 7.02. The molecule has 1 unspecified atom stereocenters. The third-order valence-corrected chi connectivity index (χ3v) is 3.47. The number of rotatable bonds is 5. The summed E-state index contributed by atoms with van der Waals surface area (Å²) < 4.78 is 5.69. The number of hydrazine groups is 1. The first-order valence-electron chi connectivity index (χ1n) is 7.02. The highest BCUT2D eigenvalue weighted by atomic mass is 16.5. The van der Waals surface area contributed by atoms with E-state index in [4.69, 9.17) is 10.6 Å². The number of nitrogens with two attached hydrogens (primary N) is 1. The van der Waals surface area contributed by atoms with Crippen LogP contribution >= 0.6 is 0 Å². The predicted molar refractivity (Wildman–Crippen MR) is 75.8 cm³/mol. The fourth-order valence-corrected chi connectivity index (χ4v) is 2.49. The van der Waals surface area contributed by atoms with Crippen LogP contribution in [0, 0.1) is 0 Å². The fourth-order valence-electron chi connectivity index (χ4n) is 2.49. The van der Waals surface area contributed by atoms with Crippen molar-refractivity contribution in [3.05, 3.63) is 29.6 Å². The molecule has 0 saturated carbocycles. The number of carbonyl (C=O) groups is 1. The van der Waals surface area contributed by atoms with Gasteiger partial charge in [0, 0.05) is 25.9 Å². The quantitative estimate of drug-likeness (QED) is 0.470. The maximum absolute atomic E-state index is 11.3. The van der Waals surface area contributed by atoms with E-state index in [0.717, 1.165) is 44.8 Å². The van der Waals surface area contributed by atoms with Crippen molar-refractivity contribution in [2.24, 2.45) is 5.84 Å². The summed E-state index contributed by atoms with van der Waals surface area (Å²) >= 11 is 0. The minimum Gasteiger partial charge on any atom is -0.377 e. The zero-order valence-electron chi connectivity index (χ0n) is 11.8. The smallest absolute Gasteiger partial charge is 0.266 e. The molecule has 0 aromatic carbocycles. The SMILES string of the molecule is CCOC1CCCN(Cc2ccc(C(=O)NN)cn2)C1. The molecule has 2 rings (SSSR count). The highest BCUT2D eigenvalue weighted by Crippen LogP contribution is 2.15. The summed E-state index contributed by atoms with van der Waals surface area (Å²) in [5.74, 6) is 4.76. The summed E-state index contributed by atoms with van der Waals surface area (Å²) in [6.07, 6.45) is 4.17. The number of amides is 1. The molecule has 1 aromatic rings. The molecule has 0 aliphatic carbocycles. The molecular formula is C14H22N4O2. The van der Waals surface area contributed by atoms with Crippen LogP contribution in [0.4, 0.5) is 0 Å². The number of likely N-dealkylation sites (tertiary alicyclic amines) is 1. The third-order valence-electron chi connectivity index (χ3n) is 3.47. The summed E-state index contributed by atoms with van der Waals surface area (Å²) in [7, 11) is 0. The number of nitrogens with one attached hydrogen (secondary N) is 1. The molecule has 1 atom stereocenters. The second-order valence-corrected chi connectivity index (χ2v) is 4.97. The monoisotopic (exact) mass is 278 g/mol. The van der Waals surface area contributed by atoms with Crippen molar-refractivity contribution in [3.8, 4) is 0 Å². The Morgan fingerprint density at radius 1 is 1.60 bits per heavy atom. The van der Waals surface area contributed by atoms with Gasteiger partial charge in [-0.25, -0.2) is 5.84 Å². The maximum Gasteiger partial charge on any atom is 0.266 e. The van der Waals surface area contributed by atoms with Crippen LogP contribution < -0.4 is 11.3 Å². The van der Waals surface area contributed by atoms with Crippen molar-refractivity contribution < 1.29 is 9.53 Å². The maximum atomic E-state index is 11.3. The molecule has 3 N–H and O–H groups in total. The first kappa shape index (κ1) is 14.9. The lowest BCUT2D eigenvalue weighted by Crippen LogP contribution is -2.39. The molecule has 20 heavy (non-hydrogen) atoms. The van der Waals surface area contributed by atoms with Gasteiger partial charge < -0.3 is 4.74 Å². The highest BCUT2D eigenvalue weighted by molar-refractivity contribution is 5.93. The van der Waals surface area contributed by atoms with Crippen LogP contribution in [0.15, 0.2) is 18.3 Å². The van der Waals surface area contributed by atoms with E-state index in [-0.39, 0.29) is 5.91 Å². The molecule has 1 saturated heterocycles. The molecular weight excluding hydrogens is 256 g/mol. The van der Waals surface area contributed by atoms with Crippen LogP contribution in [0.3, 0.4) is 0 Å². The lowest BCUT2D eigenvalue weighted by molar-refractivity contribution is 0.00332. The number of hydrogen-bond donors (Lipinski definition) is 2. The van der Waals surface area contributed by atoms with E-state index in [1.54, 1.807) is 12.3 Å². The minimum atomic E-state index is -0.321. The Kier molecular flexibility index (Phi) is 5.46. The molecule has 1 aliphatic rings. The molecule has 0 spiro atoms. The minimum absolute atomic E-state index is 0.321. The van der Waals surface area contributed by atoms with Gasteiger partial charge in [0.1, 0.15) is 0 Å². The Labute approximate surface area is 119 Å². The molecule has 1 fully saturated rings. The predicted octanol–water partition coefficient (Wildman–Crippen LogP) is 0.686. The molecule has 1 amide bonds. The number of carbonyl (C=O) groups excluding carboxylic acids is 1. The van der Waals surface area contributed by atoms with Crippen LogP contribution in [0.2, 0.25) is 0 Å². The standard InChI is InChI=1S/C14H22N4O2/c1-2-20-13-4-3-7-18(10-13)9-12-6-5-11(8-16-12)14(19)17-15/h5-6,8,13H,2-4,7,9-10,15H2,1H3,(H,17,19). The number of nitrogen functional groups attached to an aromatic ring is 1. The lowest BCUT2D eigenvalue weighted by atomic mass is 10.1. The summed E-state index contributed by atoms with van der Waals surface area (Å²) in [5.41, 5.74) is 3.52. The van der Waals surface area contributed by atoms with E-state index in [0.29, 0.717) is 11.7 Å². The van der Waals surface area contributed by atoms with E-state index in [1.165, 1.54) is 0 Å². The van der Waals surface area contributed by atoms with Gasteiger partial charge in [-0.1, -0.05) is 0 Å². The number of nitrogens with zero attached hydrogens (tertiary/aromatic N) is 2. The summed E-state index contributed by atoms with van der Waals surface area (Å²) in [6.45, 7) is 5.59. The zero-order valence-corrected chi connectivity index (χ0v) is 11.8. The second-order valence-electron chi connectivity index (χ2n) is 4.97. The Hall–Kier alpha value is -1.50. The largest absolute Gasteiger partial charge is 0.377 e. The number of piperidine rings is 1. The van der Waals surface area contributed by atoms with Gasteiger partial charge in [0.25, 0.3) is 5.91 Å². The van der Waals surface area contributed by atoms with Crippen LogP contribution in [0.25, 0.3) is 0 Å². The normalized spacial score (nSPS) is 19.8. The Bertz CT molecular complexity index is 433. The molecule has 6 nitrogen and oxygen atoms in total. The highest BCUT2D eigenvalue weighted by Gasteiger charge is 2.20. The van der Waals surface area contributed by atoms with E-state index in [2.05, 4.69) is 15.3 Å². The lowest BCUT2D eigenvalue weighted by Gasteiger charge is -2.32. The van der Waals surface area contributed by atoms with Gasteiger partial charge in [0.2, 0.25) is 0 Å². The van der Waals surface area contributed by atoms with Crippen molar-refractivity contribution in [2.45, 2.75) is 32.4 Å². The van der Waals surface area contributed by atoms with E-state index >= 15 is 0 Å². The van der Waals surface area contributed by atoms with Crippen LogP contribution in [-0.2, 0) is 11.3 Å². The van der Waals surface area contributed by atoms with Gasteiger partial charge in [-0.05, 0) is 38.4 Å². The van der Waals surface area contributed by atoms with Crippen molar-refractivity contribution in [1.29, 1.82) is 0 Å². The molecule has 2 heterocycles. The van der Waals surface area contributed by atoms with E-state index < -0.39 is 0 Å². The summed E-state index contributed by atoms with van der Waals surface area (Å²) in [6, 6.07) is 3.61. The number of ether oxygens (including phenoxy) is 1. The topological polar surface area (TPSA) is 80.5 Å². The van der Waals surface area contributed by atoms with Crippen molar-refractivity contribution in [1.82, 2.24) is 15.3 Å². The van der Waals surface area contributed by atoms with Gasteiger partial charge in [-0.15, -0.1) is 0 Å². The Balaban J connectivity index is 1.91. The van der Waals surface area contributed by atoms with Crippen molar-refractivity contribution in [3.63, 3.8) is 0 Å². The van der Waals surface area contributed by atoms with Gasteiger partial charge >= 0.3 is 0 Å². The first-order chi connectivity index (χ1) is 9.72. The van der Waals surface area contributed by atoms with Gasteiger partial charge in [-0.3, -0.25) is 20.1 Å². The summed E-state index contributed by atoms with van der Waals surface area (Å²) in [4.78, 5) is 18.0. The van der Waals surface area contributed by atoms with Crippen molar-refractivity contribution in [2.75, 3.05) is 19.7 Å². The Morgan fingerprint density at radius 3 is 3.10 bits per heavy atom. The average Bonchev–Trinajstić information content (AvgIpc) is 2.48. The van der Waals surface area contributed by atoms with Gasteiger partial charge in [-0.2, -0.15) is 0 Å². The number of aromatic nitrogens is 1. The number of pyridine rings is 1.